The van der Waals surface area contributed by atoms with Gasteiger partial charge in [-0.05, 0) is 13.0 Å². The van der Waals surface area contributed by atoms with Crippen LogP contribution in [0, 0.1) is 5.21 Å². The highest BCUT2D eigenvalue weighted by atomic mass is 16.6. The lowest BCUT2D eigenvalue weighted by Crippen LogP contribution is -2.31. The van der Waals surface area contributed by atoms with Crippen LogP contribution in [0.25, 0.3) is 0 Å². The summed E-state index contributed by atoms with van der Waals surface area (Å²) in [7, 11) is 0. The molecule has 2 unspecified atom stereocenters. The van der Waals surface area contributed by atoms with Gasteiger partial charge in [0.25, 0.3) is 0 Å². The number of hydrogen-bond donors (Lipinski definition) is 0. The Bertz CT molecular complexity index is 350. The van der Waals surface area contributed by atoms with Crippen molar-refractivity contribution in [2.45, 2.75) is 19.1 Å². The number of nitrogens with zero attached hydrogens (tertiary/aromatic N) is 1. The van der Waals surface area contributed by atoms with E-state index < -0.39 is 6.10 Å². The van der Waals surface area contributed by atoms with Gasteiger partial charge >= 0.3 is 0 Å². The maximum atomic E-state index is 11.2. The van der Waals surface area contributed by atoms with E-state index in [1.807, 2.05) is 0 Å². The largest absolute Gasteiger partial charge is 0.618 e. The van der Waals surface area contributed by atoms with E-state index in [0.717, 1.165) is 4.73 Å². The third-order valence-electron chi connectivity index (χ3n) is 2.04. The molecule has 1 aromatic rings. The minimum Gasteiger partial charge on any atom is -0.618 e. The summed E-state index contributed by atoms with van der Waals surface area (Å²) in [5, 5.41) is 11.2. The Morgan fingerprint density at radius 2 is 2.38 bits per heavy atom. The quantitative estimate of drug-likeness (QED) is 0.374. The zero-order valence-electron chi connectivity index (χ0n) is 7.14. The SMILES string of the molecule is CC(=O)C1OC1c1cccc[n+]1[O-]. The number of hydrogen-bond acceptors (Lipinski definition) is 3. The molecule has 0 N–H and O–H groups in total. The molecule has 13 heavy (non-hydrogen) atoms. The molecule has 1 fully saturated rings. The van der Waals surface area contributed by atoms with Crippen LogP contribution in [0.15, 0.2) is 24.4 Å². The van der Waals surface area contributed by atoms with Crippen molar-refractivity contribution in [1.29, 1.82) is 0 Å². The van der Waals surface area contributed by atoms with Crippen LogP contribution in [0.2, 0.25) is 0 Å². The molecule has 2 heterocycles. The lowest BCUT2D eigenvalue weighted by molar-refractivity contribution is -0.615. The molecule has 1 aromatic heterocycles. The summed E-state index contributed by atoms with van der Waals surface area (Å²) in [6.07, 6.45) is 0.646. The number of ketones is 1. The number of ether oxygens (including phenoxy) is 1. The number of rotatable bonds is 2. The molecule has 4 nitrogen and oxygen atoms in total. The van der Waals surface area contributed by atoms with Crippen LogP contribution in [0.4, 0.5) is 0 Å². The average molecular weight is 179 g/mol. The van der Waals surface area contributed by atoms with Gasteiger partial charge in [-0.2, -0.15) is 4.73 Å². The fourth-order valence-electron chi connectivity index (χ4n) is 1.31. The Balaban J connectivity index is 2.21. The van der Waals surface area contributed by atoms with E-state index in [9.17, 15) is 10.0 Å². The summed E-state index contributed by atoms with van der Waals surface area (Å²) in [5.74, 6) is -0.0335. The van der Waals surface area contributed by atoms with E-state index in [-0.39, 0.29) is 11.9 Å². The molecule has 0 amide bonds. The summed E-state index contributed by atoms with van der Waals surface area (Å²) < 4.78 is 5.80. The third-order valence-corrected chi connectivity index (χ3v) is 2.04. The minimum absolute atomic E-state index is 0.0335. The van der Waals surface area contributed by atoms with Crippen molar-refractivity contribution in [2.24, 2.45) is 0 Å². The van der Waals surface area contributed by atoms with Crippen LogP contribution >= 0.6 is 0 Å². The zero-order valence-corrected chi connectivity index (χ0v) is 7.14. The van der Waals surface area contributed by atoms with Crippen molar-refractivity contribution in [3.63, 3.8) is 0 Å². The Morgan fingerprint density at radius 1 is 1.62 bits per heavy atom. The van der Waals surface area contributed by atoms with Crippen LogP contribution in [0.3, 0.4) is 0 Å². The number of Topliss-reactive ketones (excluding diaryl/α,β-unsaturated/α-hetero) is 1. The van der Waals surface area contributed by atoms with Crippen LogP contribution in [0.5, 0.6) is 0 Å². The van der Waals surface area contributed by atoms with Gasteiger partial charge in [-0.1, -0.05) is 0 Å². The van der Waals surface area contributed by atoms with E-state index in [2.05, 4.69) is 0 Å². The highest BCUT2D eigenvalue weighted by Gasteiger charge is 2.48. The third kappa shape index (κ3) is 1.40. The van der Waals surface area contributed by atoms with Crippen molar-refractivity contribution in [2.75, 3.05) is 0 Å². The maximum Gasteiger partial charge on any atom is 0.224 e. The van der Waals surface area contributed by atoms with Gasteiger partial charge in [0.05, 0.1) is 0 Å². The molecule has 0 aliphatic carbocycles. The molecule has 2 rings (SSSR count). The van der Waals surface area contributed by atoms with Gasteiger partial charge in [0.1, 0.15) is 0 Å². The second-order valence-corrected chi connectivity index (χ2v) is 3.04. The lowest BCUT2D eigenvalue weighted by Gasteiger charge is -1.99. The Hall–Kier alpha value is -1.42. The average Bonchev–Trinajstić information content (AvgIpc) is 2.84. The predicted molar refractivity (Wildman–Crippen MR) is 43.7 cm³/mol. The van der Waals surface area contributed by atoms with Gasteiger partial charge in [0.2, 0.25) is 5.69 Å². The first kappa shape index (κ1) is 8.19. The highest BCUT2D eigenvalue weighted by molar-refractivity contribution is 5.83. The first-order valence-corrected chi connectivity index (χ1v) is 4.04. The smallest absolute Gasteiger partial charge is 0.224 e. The fourth-order valence-corrected chi connectivity index (χ4v) is 1.31. The molecule has 0 radical (unpaired) electrons. The van der Waals surface area contributed by atoms with Crippen molar-refractivity contribution >= 4 is 5.78 Å². The molecular formula is C9H9NO3. The molecule has 0 aromatic carbocycles. The zero-order chi connectivity index (χ0) is 9.42. The Labute approximate surface area is 75.3 Å². The molecule has 0 bridgehead atoms. The van der Waals surface area contributed by atoms with Crippen LogP contribution in [-0.2, 0) is 9.53 Å². The van der Waals surface area contributed by atoms with Gasteiger partial charge in [-0.3, -0.25) is 4.79 Å². The summed E-state index contributed by atoms with van der Waals surface area (Å²) >= 11 is 0. The van der Waals surface area contributed by atoms with Crippen LogP contribution in [0.1, 0.15) is 18.7 Å². The Kier molecular flexibility index (Phi) is 1.77. The van der Waals surface area contributed by atoms with Crippen LogP contribution in [-0.4, -0.2) is 11.9 Å². The van der Waals surface area contributed by atoms with E-state index in [1.54, 1.807) is 18.2 Å². The van der Waals surface area contributed by atoms with E-state index in [4.69, 9.17) is 4.74 Å². The summed E-state index contributed by atoms with van der Waals surface area (Å²) in [6, 6.07) is 5.06. The molecule has 1 aliphatic heterocycles. The van der Waals surface area contributed by atoms with Crippen molar-refractivity contribution < 1.29 is 14.3 Å². The fraction of sp³-hybridized carbons (Fsp3) is 0.333. The number of pyridine rings is 1. The molecule has 4 heteroatoms. The van der Waals surface area contributed by atoms with Gasteiger partial charge in [-0.25, -0.2) is 0 Å². The molecule has 0 spiro atoms. The normalized spacial score (nSPS) is 25.6. The summed E-state index contributed by atoms with van der Waals surface area (Å²) in [4.78, 5) is 10.9. The van der Waals surface area contributed by atoms with Gasteiger partial charge < -0.3 is 9.94 Å². The molecule has 1 saturated heterocycles. The van der Waals surface area contributed by atoms with Crippen LogP contribution < -0.4 is 4.73 Å². The molecule has 1 aliphatic rings. The number of carbonyl (C=O) groups excluding carboxylic acids is 1. The summed E-state index contributed by atoms with van der Waals surface area (Å²) in [5.41, 5.74) is 0.503. The summed E-state index contributed by atoms with van der Waals surface area (Å²) in [6.45, 7) is 1.46. The minimum atomic E-state index is -0.414. The van der Waals surface area contributed by atoms with Gasteiger partial charge in [0.15, 0.2) is 24.2 Å². The predicted octanol–water partition coefficient (Wildman–Crippen LogP) is 0.349. The van der Waals surface area contributed by atoms with Gasteiger partial charge in [-0.15, -0.1) is 0 Å². The standard InChI is InChI=1S/C9H9NO3/c1-6(11)8-9(13-8)7-4-2-3-5-10(7)12/h2-5,8-9H,1H3. The molecule has 0 saturated carbocycles. The van der Waals surface area contributed by atoms with E-state index >= 15 is 0 Å². The molecular weight excluding hydrogens is 170 g/mol. The number of epoxide rings is 1. The first-order chi connectivity index (χ1) is 6.20. The monoisotopic (exact) mass is 179 g/mol. The Morgan fingerprint density at radius 3 is 2.92 bits per heavy atom. The first-order valence-electron chi connectivity index (χ1n) is 4.04. The second-order valence-electron chi connectivity index (χ2n) is 3.04. The van der Waals surface area contributed by atoms with E-state index in [0.29, 0.717) is 5.69 Å². The topological polar surface area (TPSA) is 56.5 Å². The van der Waals surface area contributed by atoms with Gasteiger partial charge in [0, 0.05) is 12.1 Å². The van der Waals surface area contributed by atoms with Crippen molar-refractivity contribution in [3.8, 4) is 0 Å². The van der Waals surface area contributed by atoms with Crippen molar-refractivity contribution in [1.82, 2.24) is 0 Å². The molecule has 2 atom stereocenters. The second kappa shape index (κ2) is 2.81. The lowest BCUT2D eigenvalue weighted by atomic mass is 10.2. The number of aromatic nitrogens is 1. The number of carbonyl (C=O) groups is 1. The highest BCUT2D eigenvalue weighted by Crippen LogP contribution is 2.37. The van der Waals surface area contributed by atoms with Crippen molar-refractivity contribution in [3.05, 3.63) is 35.3 Å². The molecule has 68 valence electrons. The maximum absolute atomic E-state index is 11.2. The van der Waals surface area contributed by atoms with E-state index in [1.165, 1.54) is 13.1 Å².